The van der Waals surface area contributed by atoms with Gasteiger partial charge in [-0.1, -0.05) is 208 Å². The number of carboxylic acids is 1. The van der Waals surface area contributed by atoms with Gasteiger partial charge in [0.05, 0.1) is 62.4 Å². The number of carbonyl (C=O) groups is 7. The molecule has 5 amide bonds. The van der Waals surface area contributed by atoms with E-state index in [9.17, 15) is 69.1 Å². The van der Waals surface area contributed by atoms with Crippen molar-refractivity contribution < 1.29 is 63.8 Å². The van der Waals surface area contributed by atoms with Gasteiger partial charge < -0.3 is 97.0 Å². The number of Topliss-reactive ketones (excluding diaryl/α,β-unsaturated/α-hetero) is 1. The Kier molecular flexibility index (Phi) is 68.4. The number of nitro benzene ring substituents is 2. The number of nitrogens with one attached hydrogen (secondary N) is 8. The quantitative estimate of drug-likeness (QED) is 0.00164. The van der Waals surface area contributed by atoms with Crippen LogP contribution in [0.4, 0.5) is 73.9 Å². The van der Waals surface area contributed by atoms with Crippen molar-refractivity contribution in [3.8, 4) is 0 Å². The van der Waals surface area contributed by atoms with E-state index < -0.39 is 39.4 Å². The highest BCUT2D eigenvalue weighted by Crippen LogP contribution is 2.31. The molecule has 0 saturated carbocycles. The van der Waals surface area contributed by atoms with Gasteiger partial charge in [-0.15, -0.1) is 15.3 Å². The minimum Gasteiger partial charge on any atom is -0.577 e. The van der Waals surface area contributed by atoms with Crippen molar-refractivity contribution in [1.29, 1.82) is 16.2 Å². The molecule has 10 rings (SSSR count). The second kappa shape index (κ2) is 72.8. The number of hydrogen-bond donors (Lipinski definition) is 19. The Labute approximate surface area is 866 Å². The third-order valence-corrected chi connectivity index (χ3v) is 19.5. The lowest BCUT2D eigenvalue weighted by atomic mass is 9.89. The second-order valence-corrected chi connectivity index (χ2v) is 31.1. The van der Waals surface area contributed by atoms with Crippen molar-refractivity contribution in [2.75, 3.05) is 38.1 Å². The molecule has 4 atom stereocenters. The summed E-state index contributed by atoms with van der Waals surface area (Å²) in [6.45, 7) is 13.3. The summed E-state index contributed by atoms with van der Waals surface area (Å²) < 4.78 is 0. The number of benzene rings is 10. The number of aliphatic hydroxyl groups is 3. The minimum atomic E-state index is -0.766. The topological polar surface area (TPSA) is 687 Å². The number of aliphatic imine (C=N–C) groups is 1. The average Bonchev–Trinajstić information content (AvgIpc) is 0.860. The van der Waals surface area contributed by atoms with E-state index in [1.807, 2.05) is 55.5 Å². The van der Waals surface area contributed by atoms with Crippen LogP contribution in [-0.2, 0) is 52.8 Å². The Balaban J connectivity index is -0.000000567. The summed E-state index contributed by atoms with van der Waals surface area (Å²) in [7, 11) is 0. The smallest absolute Gasteiger partial charge is 0.306 e. The van der Waals surface area contributed by atoms with Crippen molar-refractivity contribution in [3.05, 3.63) is 337 Å². The van der Waals surface area contributed by atoms with E-state index in [1.165, 1.54) is 87.4 Å². The fourth-order valence-corrected chi connectivity index (χ4v) is 12.3. The van der Waals surface area contributed by atoms with E-state index in [-0.39, 0.29) is 174 Å². The number of amides is 5. The van der Waals surface area contributed by atoms with Crippen molar-refractivity contribution in [1.82, 2.24) is 0 Å². The summed E-state index contributed by atoms with van der Waals surface area (Å²) >= 11 is 0. The van der Waals surface area contributed by atoms with Gasteiger partial charge in [0, 0.05) is 89.3 Å². The molecule has 39 nitrogen and oxygen atoms in total. The standard InChI is InChI=1S/C31H37N7O3.C18H18N6O4.C18H20N6O2.C14H20O2.C10H10N2O4.C8H11N3.8CH4.H2P/c1-4-22(23-9-6-5-7-10-23)14-13-20(2)29(40)34-26-11-8-12-27(19-26)35-30(41)28(21(3)39)38-37-25-17-15-24(16-18-25)36-31(32)33;1-11(25)17(18(26)21-14-3-2-4-15(10-14)24(27)28)23-22-13-7-5-12(6-8-13)9-16(19)20;1-11(25)17(18(26)22-15-4-2-3-13(19)10-15)24-23-14-7-5-12(6-8-14)9-16(20)21;1-3-12(10-9-11(2)14(15)16)13-7-5-4-6-8-13;1-7(13)5-10(14)11-8-3-2-4-9(6-8)12(15)16;9-7-3-1-6(2-4-7)5-8(10)11;;;;;;;;;/h5-12,15-20,22,39H,4,13-14H2,1-3H3,(H,34,40)(H,35,41)(H4,32,33,36);2-8,10,25H,9H2,1H3,(H3,19,20)(H,21,26);2-8,10,25H,9,19H2,1H3,(H3,20,21)(H,22,26);4-8,11-12H,3,9-10H2,1-2H3,(H,15,16);2-4,6H,5H2,1H3,(H,11,14);1-4H,5,9H2,(H3,10,11);8*1H4;1H2/q;;;;;;;;;;;;;;-1. The number of carboxylic acid groups (broad SMARTS) is 1. The molecule has 0 aliphatic carbocycles. The number of anilines is 7. The van der Waals surface area contributed by atoms with E-state index in [0.717, 1.165) is 60.9 Å². The molecule has 10 aromatic carbocycles. The molecular weight excluding hydrogens is 1890 g/mol. The Morgan fingerprint density at radius 3 is 1.00 bits per heavy atom. The molecule has 0 heterocycles. The van der Waals surface area contributed by atoms with Gasteiger partial charge in [0.1, 0.15) is 23.1 Å². The Hall–Kier alpha value is -17.4. The maximum Gasteiger partial charge on any atom is 0.306 e. The van der Waals surface area contributed by atoms with Crippen molar-refractivity contribution in [3.63, 3.8) is 0 Å². The molecule has 0 fully saturated rings. The first-order chi connectivity index (χ1) is 65.6. The zero-order chi connectivity index (χ0) is 102. The molecule has 0 aromatic heterocycles. The molecule has 0 aliphatic heterocycles. The van der Waals surface area contributed by atoms with E-state index in [0.29, 0.717) is 82.3 Å². The number of non-ortho nitro benzene ring substituents is 2. The molecule has 0 aliphatic rings. The van der Waals surface area contributed by atoms with Gasteiger partial charge in [0.15, 0.2) is 23.1 Å². The van der Waals surface area contributed by atoms with Gasteiger partial charge in [-0.25, -0.2) is 4.99 Å². The lowest BCUT2D eigenvalue weighted by Gasteiger charge is -2.18. The van der Waals surface area contributed by atoms with Gasteiger partial charge in [-0.3, -0.25) is 70.0 Å². The number of carbonyl (C=O) groups excluding carboxylic acids is 6. The fraction of sp³-hybridized carbons (Fsp3) is 0.280. The van der Waals surface area contributed by atoms with Gasteiger partial charge in [0.25, 0.3) is 29.1 Å². The van der Waals surface area contributed by atoms with Crippen LogP contribution >= 0.6 is 9.90 Å². The number of ketones is 1. The molecule has 794 valence electrons. The van der Waals surface area contributed by atoms with Crippen molar-refractivity contribution >= 4 is 149 Å². The minimum absolute atomic E-state index is 0. The number of aliphatic hydroxyl groups excluding tert-OH is 3. The van der Waals surface area contributed by atoms with Gasteiger partial charge in [0.2, 0.25) is 11.8 Å². The van der Waals surface area contributed by atoms with Gasteiger partial charge in [-0.05, 0) is 215 Å². The highest BCUT2D eigenvalue weighted by molar-refractivity contribution is 6.92. The molecule has 26 N–H and O–H groups in total. The molecule has 0 spiro atoms. The van der Waals surface area contributed by atoms with Crippen LogP contribution in [0.5, 0.6) is 0 Å². The van der Waals surface area contributed by atoms with E-state index in [2.05, 4.69) is 100 Å². The Morgan fingerprint density at radius 2 is 0.680 bits per heavy atom. The SMILES string of the molecule is C.C.C.C.C.C.C.C.CC(=O)CC(=O)Nc1cccc([N+](=O)[O-])c1.CC(O)=C(N=Nc1ccc(CC(=N)N)cc1)C(=O)Nc1cccc(N)c1.CC(O)=C(N=Nc1ccc(CC(=N)N)cc1)C(=O)Nc1cccc([N+](=O)[O-])c1.CCC(CCC(C)C(=O)Nc1cccc(NC(=O)C(N=Nc2ccc(N=C(N)N)cc2)=C(C)O)c1)c1ccccc1.CCC(CCC(C)C(=O)O)c1ccccc1.N=C(N)Cc1ccc(N)cc1.[PH2-]. The first-order valence-corrected chi connectivity index (χ1v) is 43.1. The summed E-state index contributed by atoms with van der Waals surface area (Å²) in [5, 5.41) is 118. The third kappa shape index (κ3) is 53.9. The normalized spacial score (nSPS) is 11.3. The number of nitrogen functional groups attached to an aromatic ring is 2. The first kappa shape index (κ1) is 138. The van der Waals surface area contributed by atoms with E-state index in [4.69, 9.17) is 61.5 Å². The van der Waals surface area contributed by atoms with Crippen LogP contribution in [0.3, 0.4) is 0 Å². The number of nitrogens with zero attached hydrogens (tertiary/aromatic N) is 9. The van der Waals surface area contributed by atoms with Crippen molar-refractivity contribution in [2.24, 2.45) is 76.2 Å². The third-order valence-electron chi connectivity index (χ3n) is 19.5. The number of guanidine groups is 1. The highest BCUT2D eigenvalue weighted by atomic mass is 31.0. The molecule has 0 radical (unpaired) electrons. The number of nitrogens with two attached hydrogens (primary N) is 7. The summed E-state index contributed by atoms with van der Waals surface area (Å²) in [4.78, 5) is 107. The van der Waals surface area contributed by atoms with Crippen molar-refractivity contribution in [2.45, 2.75) is 191 Å². The summed E-state index contributed by atoms with van der Waals surface area (Å²) in [6, 6.07) is 72.5. The van der Waals surface area contributed by atoms with Crippen LogP contribution in [0.1, 0.15) is 199 Å². The highest BCUT2D eigenvalue weighted by Gasteiger charge is 2.22. The number of amidine groups is 3. The second-order valence-electron chi connectivity index (χ2n) is 31.1. The predicted molar refractivity (Wildman–Crippen MR) is 601 cm³/mol. The van der Waals surface area contributed by atoms with E-state index in [1.54, 1.807) is 140 Å². The number of aliphatic carboxylic acids is 1. The molecule has 147 heavy (non-hydrogen) atoms. The molecule has 40 heteroatoms. The fourth-order valence-electron chi connectivity index (χ4n) is 12.3. The number of azo groups is 3. The van der Waals surface area contributed by atoms with Crippen LogP contribution in [0, 0.1) is 48.3 Å². The maximum absolute atomic E-state index is 12.9. The zero-order valence-corrected chi connectivity index (χ0v) is 79.2. The van der Waals surface area contributed by atoms with Crippen LogP contribution in [0.2, 0.25) is 0 Å². The molecule has 0 bridgehead atoms. The van der Waals surface area contributed by atoms with Gasteiger partial charge in [-0.2, -0.15) is 15.3 Å². The molecule has 4 unspecified atom stereocenters. The number of allylic oxidation sites excluding steroid dienone is 3. The first-order valence-electron chi connectivity index (χ1n) is 43.1. The summed E-state index contributed by atoms with van der Waals surface area (Å²) in [5.74, 6) is -3.80. The number of rotatable bonds is 37. The Morgan fingerprint density at radius 1 is 0.374 bits per heavy atom. The zero-order valence-electron chi connectivity index (χ0n) is 78.1. The molecule has 10 aromatic rings. The predicted octanol–water partition coefficient (Wildman–Crippen LogP) is 24.9. The monoisotopic (exact) mass is 2040 g/mol. The Bertz CT molecular complexity index is 6050. The van der Waals surface area contributed by atoms with Crippen LogP contribution in [0.25, 0.3) is 0 Å². The summed E-state index contributed by atoms with van der Waals surface area (Å²) in [6.07, 6.45) is 6.37. The van der Waals surface area contributed by atoms with Crippen LogP contribution in [-0.4, -0.2) is 95.0 Å². The van der Waals surface area contributed by atoms with Gasteiger partial charge >= 0.3 is 5.97 Å². The largest absolute Gasteiger partial charge is 0.577 e. The van der Waals surface area contributed by atoms with E-state index >= 15 is 0 Å². The van der Waals surface area contributed by atoms with Crippen LogP contribution in [0.15, 0.2) is 325 Å². The average molecular weight is 2040 g/mol. The lowest BCUT2D eigenvalue weighted by molar-refractivity contribution is -0.385. The summed E-state index contributed by atoms with van der Waals surface area (Å²) in [5.41, 5.74) is 47.1. The lowest BCUT2D eigenvalue weighted by Crippen LogP contribution is -2.21. The molecular formula is C107H150N24O15P-. The maximum atomic E-state index is 12.9. The number of hydrogen-bond acceptors (Lipinski definition) is 26. The van der Waals surface area contributed by atoms with Crippen LogP contribution < -0.4 is 66.7 Å². The molecule has 0 saturated heterocycles. The number of nitro groups is 2.